The quantitative estimate of drug-likeness (QED) is 0.887. The third-order valence-electron chi connectivity index (χ3n) is 3.19. The number of halogens is 1. The van der Waals surface area contributed by atoms with Crippen LogP contribution in [0.2, 0.25) is 0 Å². The van der Waals surface area contributed by atoms with Crippen molar-refractivity contribution in [3.05, 3.63) is 71.0 Å². The molecule has 0 saturated heterocycles. The molecule has 0 heterocycles. The number of aliphatic carboxylic acids is 1. The molecule has 2 aromatic rings. The zero-order chi connectivity index (χ0) is 15.4. The zero-order valence-corrected chi connectivity index (χ0v) is 11.0. The van der Waals surface area contributed by atoms with E-state index in [4.69, 9.17) is 5.11 Å². The van der Waals surface area contributed by atoms with E-state index < -0.39 is 23.7 Å². The lowest BCUT2D eigenvalue weighted by molar-refractivity contribution is -0.138. The number of carboxylic acid groups (broad SMARTS) is 2. The molecule has 0 radical (unpaired) electrons. The molecule has 2 N–H and O–H groups in total. The van der Waals surface area contributed by atoms with Crippen LogP contribution in [0.5, 0.6) is 0 Å². The van der Waals surface area contributed by atoms with Crippen molar-refractivity contribution in [2.24, 2.45) is 0 Å². The zero-order valence-electron chi connectivity index (χ0n) is 11.0. The van der Waals surface area contributed by atoms with E-state index in [2.05, 4.69) is 0 Å². The smallest absolute Gasteiger partial charge is 0.335 e. The lowest BCUT2D eigenvalue weighted by atomic mass is 9.91. The second-order valence-corrected chi connectivity index (χ2v) is 4.65. The van der Waals surface area contributed by atoms with Crippen molar-refractivity contribution in [1.82, 2.24) is 0 Å². The molecule has 2 rings (SSSR count). The lowest BCUT2D eigenvalue weighted by Gasteiger charge is -2.13. The van der Waals surface area contributed by atoms with Gasteiger partial charge in [0.15, 0.2) is 0 Å². The van der Waals surface area contributed by atoms with Crippen molar-refractivity contribution in [2.75, 3.05) is 0 Å². The Morgan fingerprint density at radius 2 is 1.71 bits per heavy atom. The predicted octanol–water partition coefficient (Wildman–Crippen LogP) is 2.93. The molecule has 1 atom stereocenters. The molecule has 21 heavy (non-hydrogen) atoms. The molecule has 0 bridgehead atoms. The summed E-state index contributed by atoms with van der Waals surface area (Å²) < 4.78 is 13.2. The van der Waals surface area contributed by atoms with Gasteiger partial charge in [-0.1, -0.05) is 24.3 Å². The summed E-state index contributed by atoms with van der Waals surface area (Å²) in [6.45, 7) is 0. The molecule has 0 amide bonds. The fourth-order valence-electron chi connectivity index (χ4n) is 2.09. The topological polar surface area (TPSA) is 74.6 Å². The molecule has 108 valence electrons. The average Bonchev–Trinajstić information content (AvgIpc) is 2.45. The molecular weight excluding hydrogens is 275 g/mol. The van der Waals surface area contributed by atoms with Gasteiger partial charge < -0.3 is 10.2 Å². The van der Waals surface area contributed by atoms with E-state index in [0.717, 1.165) is 0 Å². The normalized spacial score (nSPS) is 11.9. The van der Waals surface area contributed by atoms with Crippen molar-refractivity contribution in [3.8, 4) is 0 Å². The Bertz CT molecular complexity index is 664. The first-order valence-corrected chi connectivity index (χ1v) is 6.28. The van der Waals surface area contributed by atoms with Gasteiger partial charge in [0, 0.05) is 0 Å². The number of hydrogen-bond acceptors (Lipinski definition) is 2. The van der Waals surface area contributed by atoms with Crippen LogP contribution < -0.4 is 0 Å². The maximum Gasteiger partial charge on any atom is 0.335 e. The fraction of sp³-hybridized carbons (Fsp3) is 0.125. The molecule has 0 aromatic heterocycles. The minimum Gasteiger partial charge on any atom is -0.481 e. The third kappa shape index (κ3) is 3.66. The number of hydrogen-bond donors (Lipinski definition) is 2. The molecule has 0 fully saturated rings. The van der Waals surface area contributed by atoms with Gasteiger partial charge in [-0.2, -0.15) is 0 Å². The van der Waals surface area contributed by atoms with Gasteiger partial charge in [-0.15, -0.1) is 0 Å². The molecule has 1 unspecified atom stereocenters. The van der Waals surface area contributed by atoms with Gasteiger partial charge in [0.1, 0.15) is 5.82 Å². The van der Waals surface area contributed by atoms with Crippen LogP contribution in [0.25, 0.3) is 0 Å². The molecule has 2 aromatic carbocycles. The molecule has 4 nitrogen and oxygen atoms in total. The minimum atomic E-state index is -1.05. The molecule has 0 spiro atoms. The summed E-state index contributed by atoms with van der Waals surface area (Å²) in [6, 6.07) is 11.5. The highest BCUT2D eigenvalue weighted by Gasteiger charge is 2.21. The van der Waals surface area contributed by atoms with Crippen molar-refractivity contribution in [2.45, 2.75) is 12.3 Å². The van der Waals surface area contributed by atoms with Gasteiger partial charge >= 0.3 is 11.9 Å². The summed E-state index contributed by atoms with van der Waals surface area (Å²) in [6.07, 6.45) is 0.165. The van der Waals surface area contributed by atoms with E-state index in [1.54, 1.807) is 18.2 Å². The second-order valence-electron chi connectivity index (χ2n) is 4.65. The number of benzene rings is 2. The summed E-state index contributed by atoms with van der Waals surface area (Å²) in [5, 5.41) is 18.1. The summed E-state index contributed by atoms with van der Waals surface area (Å²) in [5.74, 6) is -3.46. The Labute approximate surface area is 120 Å². The number of rotatable bonds is 5. The van der Waals surface area contributed by atoms with E-state index in [0.29, 0.717) is 11.1 Å². The van der Waals surface area contributed by atoms with Crippen LogP contribution in [0.15, 0.2) is 48.5 Å². The Morgan fingerprint density at radius 1 is 1.05 bits per heavy atom. The highest BCUT2D eigenvalue weighted by atomic mass is 19.1. The molecule has 0 saturated carbocycles. The van der Waals surface area contributed by atoms with Gasteiger partial charge in [0.05, 0.1) is 11.5 Å². The lowest BCUT2D eigenvalue weighted by Crippen LogP contribution is -2.14. The van der Waals surface area contributed by atoms with Crippen LogP contribution in [0, 0.1) is 5.82 Å². The fourth-order valence-corrected chi connectivity index (χ4v) is 2.09. The van der Waals surface area contributed by atoms with Crippen molar-refractivity contribution < 1.29 is 24.2 Å². The minimum absolute atomic E-state index is 0.136. The number of carboxylic acids is 2. The van der Waals surface area contributed by atoms with Crippen molar-refractivity contribution >= 4 is 11.9 Å². The Morgan fingerprint density at radius 3 is 2.24 bits per heavy atom. The van der Waals surface area contributed by atoms with Gasteiger partial charge in [-0.05, 0) is 41.8 Å². The largest absolute Gasteiger partial charge is 0.481 e. The van der Waals surface area contributed by atoms with Crippen LogP contribution in [-0.4, -0.2) is 22.2 Å². The first-order valence-electron chi connectivity index (χ1n) is 6.28. The van der Waals surface area contributed by atoms with Gasteiger partial charge in [0.2, 0.25) is 0 Å². The van der Waals surface area contributed by atoms with Gasteiger partial charge in [-0.25, -0.2) is 9.18 Å². The summed E-state index contributed by atoms with van der Waals surface area (Å²) in [4.78, 5) is 22.1. The predicted molar refractivity (Wildman–Crippen MR) is 73.9 cm³/mol. The van der Waals surface area contributed by atoms with Crippen LogP contribution in [0.3, 0.4) is 0 Å². The van der Waals surface area contributed by atoms with Crippen LogP contribution >= 0.6 is 0 Å². The van der Waals surface area contributed by atoms with E-state index in [1.165, 1.54) is 30.3 Å². The highest BCUT2D eigenvalue weighted by molar-refractivity contribution is 5.87. The molecule has 0 aliphatic rings. The van der Waals surface area contributed by atoms with Crippen molar-refractivity contribution in [3.63, 3.8) is 0 Å². The van der Waals surface area contributed by atoms with Gasteiger partial charge in [0.25, 0.3) is 0 Å². The molecule has 0 aliphatic carbocycles. The van der Waals surface area contributed by atoms with Crippen molar-refractivity contribution in [1.29, 1.82) is 0 Å². The summed E-state index contributed by atoms with van der Waals surface area (Å²) in [5.41, 5.74) is 1.19. The number of carbonyl (C=O) groups is 2. The highest BCUT2D eigenvalue weighted by Crippen LogP contribution is 2.22. The standard InChI is InChI=1S/C16H13FO4/c17-13-3-1-2-12(9-13)14(16(20)21)8-10-4-6-11(7-5-10)15(18)19/h1-7,9,14H,8H2,(H,18,19)(H,20,21). The van der Waals surface area contributed by atoms with E-state index in [1.807, 2.05) is 0 Å². The van der Waals surface area contributed by atoms with Crippen LogP contribution in [0.4, 0.5) is 4.39 Å². The molecule has 0 aliphatic heterocycles. The second kappa shape index (κ2) is 6.17. The first kappa shape index (κ1) is 14.7. The maximum absolute atomic E-state index is 13.2. The van der Waals surface area contributed by atoms with Crippen LogP contribution in [-0.2, 0) is 11.2 Å². The van der Waals surface area contributed by atoms with E-state index >= 15 is 0 Å². The van der Waals surface area contributed by atoms with E-state index in [9.17, 15) is 19.1 Å². The summed E-state index contributed by atoms with van der Waals surface area (Å²) in [7, 11) is 0. The Balaban J connectivity index is 2.24. The number of aromatic carboxylic acids is 1. The average molecular weight is 288 g/mol. The maximum atomic E-state index is 13.2. The SMILES string of the molecule is O=C(O)c1ccc(CC(C(=O)O)c2cccc(F)c2)cc1. The monoisotopic (exact) mass is 288 g/mol. The molecular formula is C16H13FO4. The first-order chi connectivity index (χ1) is 9.97. The van der Waals surface area contributed by atoms with Gasteiger partial charge in [-0.3, -0.25) is 4.79 Å². The summed E-state index contributed by atoms with van der Waals surface area (Å²) >= 11 is 0. The Kier molecular flexibility index (Phi) is 4.33. The molecule has 5 heteroatoms. The third-order valence-corrected chi connectivity index (χ3v) is 3.19. The van der Waals surface area contributed by atoms with Crippen LogP contribution in [0.1, 0.15) is 27.4 Å². The Hall–Kier alpha value is -2.69. The van der Waals surface area contributed by atoms with E-state index in [-0.39, 0.29) is 12.0 Å².